The number of alkyl halides is 1. The summed E-state index contributed by atoms with van der Waals surface area (Å²) in [6.45, 7) is 2.26. The molecule has 3 heteroatoms. The van der Waals surface area contributed by atoms with Gasteiger partial charge in [0.1, 0.15) is 0 Å². The van der Waals surface area contributed by atoms with Crippen molar-refractivity contribution in [1.82, 2.24) is 5.32 Å². The van der Waals surface area contributed by atoms with Crippen LogP contribution in [0.3, 0.4) is 0 Å². The lowest BCUT2D eigenvalue weighted by Gasteiger charge is -2.29. The van der Waals surface area contributed by atoms with Crippen LogP contribution >= 0.6 is 15.9 Å². The summed E-state index contributed by atoms with van der Waals surface area (Å²) < 4.78 is 0. The highest BCUT2D eigenvalue weighted by Crippen LogP contribution is 2.33. The van der Waals surface area contributed by atoms with Crippen LogP contribution in [-0.2, 0) is 4.79 Å². The van der Waals surface area contributed by atoms with E-state index < -0.39 is 0 Å². The summed E-state index contributed by atoms with van der Waals surface area (Å²) in [5.41, 5.74) is 0. The number of hydrogen-bond donors (Lipinski definition) is 1. The van der Waals surface area contributed by atoms with Gasteiger partial charge in [0.15, 0.2) is 0 Å². The van der Waals surface area contributed by atoms with E-state index in [-0.39, 0.29) is 0 Å². The average Bonchev–Trinajstić information content (AvgIpc) is 2.92. The standard InChI is InChI=1S/C17H30BrNO/c1-2-3-5-13-8-10-14(11-9-13)17(20)19-16-7-4-6-15(16)12-18/h13-16H,2-12H2,1H3,(H,19,20). The van der Waals surface area contributed by atoms with Gasteiger partial charge in [-0.2, -0.15) is 0 Å². The monoisotopic (exact) mass is 343 g/mol. The van der Waals surface area contributed by atoms with E-state index in [1.54, 1.807) is 0 Å². The number of hydrogen-bond acceptors (Lipinski definition) is 1. The molecule has 0 bridgehead atoms. The van der Waals surface area contributed by atoms with Crippen LogP contribution in [0.5, 0.6) is 0 Å². The molecule has 0 aromatic rings. The van der Waals surface area contributed by atoms with Crippen molar-refractivity contribution in [1.29, 1.82) is 0 Å². The highest BCUT2D eigenvalue weighted by molar-refractivity contribution is 9.09. The number of carbonyl (C=O) groups excluding carboxylic acids is 1. The lowest BCUT2D eigenvalue weighted by molar-refractivity contribution is -0.127. The zero-order valence-electron chi connectivity index (χ0n) is 12.9. The summed E-state index contributed by atoms with van der Waals surface area (Å²) >= 11 is 3.58. The molecule has 1 N–H and O–H groups in total. The van der Waals surface area contributed by atoms with Crippen molar-refractivity contribution in [3.8, 4) is 0 Å². The maximum absolute atomic E-state index is 12.4. The van der Waals surface area contributed by atoms with Gasteiger partial charge >= 0.3 is 0 Å². The number of unbranched alkanes of at least 4 members (excludes halogenated alkanes) is 1. The predicted molar refractivity (Wildman–Crippen MR) is 88.0 cm³/mol. The van der Waals surface area contributed by atoms with Gasteiger partial charge in [0.05, 0.1) is 0 Å². The topological polar surface area (TPSA) is 29.1 Å². The molecule has 0 aromatic heterocycles. The summed E-state index contributed by atoms with van der Waals surface area (Å²) in [4.78, 5) is 12.4. The summed E-state index contributed by atoms with van der Waals surface area (Å²) in [6, 6.07) is 0.430. The third kappa shape index (κ3) is 4.47. The van der Waals surface area contributed by atoms with E-state index in [0.29, 0.717) is 23.8 Å². The van der Waals surface area contributed by atoms with E-state index in [2.05, 4.69) is 28.2 Å². The fourth-order valence-corrected chi connectivity index (χ4v) is 4.69. The van der Waals surface area contributed by atoms with Crippen molar-refractivity contribution < 1.29 is 4.79 Å². The van der Waals surface area contributed by atoms with Gasteiger partial charge in [-0.15, -0.1) is 0 Å². The Hall–Kier alpha value is -0.0500. The Morgan fingerprint density at radius 2 is 1.90 bits per heavy atom. The van der Waals surface area contributed by atoms with Crippen LogP contribution in [0.15, 0.2) is 0 Å². The normalized spacial score (nSPS) is 34.1. The molecule has 20 heavy (non-hydrogen) atoms. The highest BCUT2D eigenvalue weighted by atomic mass is 79.9. The van der Waals surface area contributed by atoms with Crippen LogP contribution < -0.4 is 5.32 Å². The van der Waals surface area contributed by atoms with Crippen molar-refractivity contribution >= 4 is 21.8 Å². The molecule has 2 rings (SSSR count). The molecule has 116 valence electrons. The molecule has 2 aliphatic carbocycles. The predicted octanol–water partition coefficient (Wildman–Crippen LogP) is 4.66. The van der Waals surface area contributed by atoms with Crippen LogP contribution in [0.1, 0.15) is 71.1 Å². The first-order valence-electron chi connectivity index (χ1n) is 8.61. The fraction of sp³-hybridized carbons (Fsp3) is 0.941. The minimum absolute atomic E-state index is 0.296. The van der Waals surface area contributed by atoms with Gasteiger partial charge in [-0.3, -0.25) is 4.79 Å². The number of rotatable bonds is 6. The van der Waals surface area contributed by atoms with Crippen LogP contribution in [0, 0.1) is 17.8 Å². The summed E-state index contributed by atoms with van der Waals surface area (Å²) in [5.74, 6) is 2.18. The van der Waals surface area contributed by atoms with Gasteiger partial charge in [0, 0.05) is 17.3 Å². The fourth-order valence-electron chi connectivity index (χ4n) is 3.92. The zero-order chi connectivity index (χ0) is 14.4. The third-order valence-corrected chi connectivity index (χ3v) is 6.20. The third-order valence-electron chi connectivity index (χ3n) is 5.37. The molecule has 0 saturated heterocycles. The maximum atomic E-state index is 12.4. The molecular weight excluding hydrogens is 314 g/mol. The van der Waals surface area contributed by atoms with Crippen LogP contribution in [0.25, 0.3) is 0 Å². The van der Waals surface area contributed by atoms with Gasteiger partial charge in [0.25, 0.3) is 0 Å². The average molecular weight is 344 g/mol. The van der Waals surface area contributed by atoms with Crippen LogP contribution in [0.2, 0.25) is 0 Å². The summed E-state index contributed by atoms with van der Waals surface area (Å²) in [5, 5.41) is 4.37. The lowest BCUT2D eigenvalue weighted by atomic mass is 9.79. The number of nitrogens with one attached hydrogen (secondary N) is 1. The largest absolute Gasteiger partial charge is 0.353 e. The Morgan fingerprint density at radius 1 is 1.15 bits per heavy atom. The number of halogens is 1. The summed E-state index contributed by atoms with van der Waals surface area (Å²) in [6.07, 6.45) is 12.5. The maximum Gasteiger partial charge on any atom is 0.223 e. The SMILES string of the molecule is CCCCC1CCC(C(=O)NC2CCCC2CBr)CC1. The number of amides is 1. The molecule has 2 unspecified atom stereocenters. The smallest absolute Gasteiger partial charge is 0.223 e. The first-order chi connectivity index (χ1) is 9.74. The second-order valence-electron chi connectivity index (χ2n) is 6.82. The van der Waals surface area contributed by atoms with Gasteiger partial charge in [-0.05, 0) is 50.4 Å². The van der Waals surface area contributed by atoms with Crippen LogP contribution in [-0.4, -0.2) is 17.3 Å². The van der Waals surface area contributed by atoms with Gasteiger partial charge in [-0.1, -0.05) is 48.5 Å². The Labute approximate surface area is 132 Å². The molecule has 0 radical (unpaired) electrons. The van der Waals surface area contributed by atoms with Gasteiger partial charge < -0.3 is 5.32 Å². The van der Waals surface area contributed by atoms with Crippen molar-refractivity contribution in [3.63, 3.8) is 0 Å². The molecule has 0 heterocycles. The molecule has 0 aromatic carbocycles. The Bertz CT molecular complexity index is 299. The van der Waals surface area contributed by atoms with Crippen molar-refractivity contribution in [2.24, 2.45) is 17.8 Å². The second kappa shape index (κ2) is 8.41. The quantitative estimate of drug-likeness (QED) is 0.698. The highest BCUT2D eigenvalue weighted by Gasteiger charge is 2.31. The minimum Gasteiger partial charge on any atom is -0.353 e. The van der Waals surface area contributed by atoms with E-state index in [4.69, 9.17) is 0 Å². The van der Waals surface area contributed by atoms with Gasteiger partial charge in [-0.25, -0.2) is 0 Å². The van der Waals surface area contributed by atoms with Crippen molar-refractivity contribution in [3.05, 3.63) is 0 Å². The zero-order valence-corrected chi connectivity index (χ0v) is 14.5. The first-order valence-corrected chi connectivity index (χ1v) is 9.73. The van der Waals surface area contributed by atoms with Gasteiger partial charge in [0.2, 0.25) is 5.91 Å². The van der Waals surface area contributed by atoms with E-state index in [1.165, 1.54) is 51.4 Å². The lowest BCUT2D eigenvalue weighted by Crippen LogP contribution is -2.42. The Balaban J connectivity index is 1.71. The molecule has 2 nitrogen and oxygen atoms in total. The van der Waals surface area contributed by atoms with E-state index in [0.717, 1.165) is 24.1 Å². The Kier molecular flexibility index (Phi) is 6.86. The van der Waals surface area contributed by atoms with E-state index in [9.17, 15) is 4.79 Å². The molecule has 0 spiro atoms. The molecular formula is C17H30BrNO. The van der Waals surface area contributed by atoms with Crippen LogP contribution in [0.4, 0.5) is 0 Å². The molecule has 1 amide bonds. The minimum atomic E-state index is 0.296. The van der Waals surface area contributed by atoms with E-state index in [1.807, 2.05) is 0 Å². The molecule has 2 atom stereocenters. The summed E-state index contributed by atoms with van der Waals surface area (Å²) in [7, 11) is 0. The van der Waals surface area contributed by atoms with E-state index >= 15 is 0 Å². The Morgan fingerprint density at radius 3 is 2.55 bits per heavy atom. The molecule has 0 aliphatic heterocycles. The molecule has 2 saturated carbocycles. The molecule has 2 aliphatic rings. The van der Waals surface area contributed by atoms with Crippen molar-refractivity contribution in [2.75, 3.05) is 5.33 Å². The molecule has 2 fully saturated rings. The van der Waals surface area contributed by atoms with Crippen molar-refractivity contribution in [2.45, 2.75) is 77.2 Å². The number of carbonyl (C=O) groups is 1. The first kappa shape index (κ1) is 16.3. The second-order valence-corrected chi connectivity index (χ2v) is 7.47.